The van der Waals surface area contributed by atoms with Crippen molar-refractivity contribution in [3.63, 3.8) is 0 Å². The van der Waals surface area contributed by atoms with Gasteiger partial charge in [0.15, 0.2) is 18.3 Å². The number of ether oxygens (including phenoxy) is 5. The zero-order chi connectivity index (χ0) is 23.9. The van der Waals surface area contributed by atoms with Crippen LogP contribution in [0.15, 0.2) is 48.6 Å². The Balaban J connectivity index is 3.26. The Morgan fingerprint density at radius 2 is 1.13 bits per heavy atom. The van der Waals surface area contributed by atoms with Crippen molar-refractivity contribution in [3.05, 3.63) is 48.6 Å². The zero-order valence-corrected chi connectivity index (χ0v) is 18.2. The Kier molecular flexibility index (Phi) is 9.39. The Labute approximate surface area is 181 Å². The molecule has 0 radical (unpaired) electrons. The average molecular weight is 436 g/mol. The number of carbonyl (C=O) groups excluding carboxylic acids is 4. The first-order valence-electron chi connectivity index (χ1n) is 9.38. The van der Waals surface area contributed by atoms with Crippen LogP contribution in [0, 0.1) is 0 Å². The second kappa shape index (κ2) is 11.3. The van der Waals surface area contributed by atoms with Gasteiger partial charge in [0.25, 0.3) is 0 Å². The van der Waals surface area contributed by atoms with Gasteiger partial charge in [0.2, 0.25) is 0 Å². The molecule has 0 N–H and O–H groups in total. The van der Waals surface area contributed by atoms with Crippen LogP contribution in [0.2, 0.25) is 0 Å². The van der Waals surface area contributed by atoms with Crippen LogP contribution in [-0.4, -0.2) is 61.5 Å². The minimum Gasteiger partial charge on any atom is -0.459 e. The summed E-state index contributed by atoms with van der Waals surface area (Å²) in [5.74, 6) is -3.02. The lowest BCUT2D eigenvalue weighted by Gasteiger charge is -2.40. The highest BCUT2D eigenvalue weighted by atomic mass is 16.7. The number of esters is 4. The third-order valence-corrected chi connectivity index (χ3v) is 4.05. The van der Waals surface area contributed by atoms with Gasteiger partial charge in [-0.05, 0) is 27.7 Å². The van der Waals surface area contributed by atoms with Crippen LogP contribution in [0.3, 0.4) is 0 Å². The van der Waals surface area contributed by atoms with Crippen LogP contribution in [0.4, 0.5) is 0 Å². The molecule has 1 fully saturated rings. The monoisotopic (exact) mass is 436 g/mol. The molecule has 0 spiro atoms. The number of carbonyl (C=O) groups is 4. The minimum absolute atomic E-state index is 0.0729. The number of hydrogen-bond acceptors (Lipinski definition) is 9. The smallest absolute Gasteiger partial charge is 0.333 e. The first-order chi connectivity index (χ1) is 14.3. The molecule has 0 amide bonds. The fourth-order valence-corrected chi connectivity index (χ4v) is 2.33. The first-order valence-corrected chi connectivity index (χ1v) is 9.38. The van der Waals surface area contributed by atoms with Crippen molar-refractivity contribution in [2.24, 2.45) is 0 Å². The molecule has 0 aromatic carbocycles. The fourth-order valence-electron chi connectivity index (χ4n) is 2.33. The summed E-state index contributed by atoms with van der Waals surface area (Å²) in [7, 11) is 0. The Morgan fingerprint density at radius 3 is 1.58 bits per heavy atom. The van der Waals surface area contributed by atoms with Crippen molar-refractivity contribution in [2.75, 3.05) is 13.2 Å². The highest BCUT2D eigenvalue weighted by molar-refractivity contribution is 5.89. The summed E-state index contributed by atoms with van der Waals surface area (Å²) in [6.45, 7) is 19.2. The summed E-state index contributed by atoms with van der Waals surface area (Å²) >= 11 is 0. The maximum absolute atomic E-state index is 12.2. The predicted molar refractivity (Wildman–Crippen MR) is 110 cm³/mol. The summed E-state index contributed by atoms with van der Waals surface area (Å²) in [6.07, 6.45) is -4.68. The molecule has 0 aromatic heterocycles. The SMILES string of the molecule is C=C(C)C(=O)OCC1OCC(OC(=O)C(=C)C)C(OC(=O)C(=C)C)C1OC(=O)C(=C)C. The maximum Gasteiger partial charge on any atom is 0.333 e. The van der Waals surface area contributed by atoms with Gasteiger partial charge in [-0.1, -0.05) is 26.3 Å². The largest absolute Gasteiger partial charge is 0.459 e. The molecule has 0 aliphatic carbocycles. The normalized spacial score (nSPS) is 22.5. The van der Waals surface area contributed by atoms with E-state index in [2.05, 4.69) is 26.3 Å². The summed E-state index contributed by atoms with van der Waals surface area (Å²) < 4.78 is 26.9. The van der Waals surface area contributed by atoms with Gasteiger partial charge in [0, 0.05) is 22.3 Å². The second-order valence-electron chi connectivity index (χ2n) is 7.28. The maximum atomic E-state index is 12.2. The molecule has 0 saturated carbocycles. The van der Waals surface area contributed by atoms with Gasteiger partial charge in [0.05, 0.1) is 6.61 Å². The number of rotatable bonds is 9. The van der Waals surface area contributed by atoms with E-state index in [4.69, 9.17) is 23.7 Å². The van der Waals surface area contributed by atoms with Crippen molar-refractivity contribution in [2.45, 2.75) is 52.1 Å². The molecule has 1 saturated heterocycles. The zero-order valence-electron chi connectivity index (χ0n) is 18.2. The van der Waals surface area contributed by atoms with E-state index in [0.717, 1.165) is 0 Å². The van der Waals surface area contributed by atoms with E-state index in [9.17, 15) is 19.2 Å². The predicted octanol–water partition coefficient (Wildman–Crippen LogP) is 1.97. The van der Waals surface area contributed by atoms with Crippen molar-refractivity contribution in [3.8, 4) is 0 Å². The molecule has 9 heteroatoms. The van der Waals surface area contributed by atoms with Gasteiger partial charge in [-0.2, -0.15) is 0 Å². The Hall–Kier alpha value is -3.20. The van der Waals surface area contributed by atoms with Crippen molar-refractivity contribution in [1.82, 2.24) is 0 Å². The fraction of sp³-hybridized carbons (Fsp3) is 0.455. The summed E-state index contributed by atoms with van der Waals surface area (Å²) in [5.41, 5.74) is 0.415. The lowest BCUT2D eigenvalue weighted by molar-refractivity contribution is -0.229. The topological polar surface area (TPSA) is 114 Å². The van der Waals surface area contributed by atoms with E-state index in [0.29, 0.717) is 0 Å². The standard InChI is InChI=1S/C22H28O9/c1-11(2)19(23)28-9-15-17(30-21(25)13(5)6)18(31-22(26)14(7)8)16(10-27-15)29-20(24)12(3)4/h15-18H,1,3,5,7,9-10H2,2,4,6,8H3. The average Bonchev–Trinajstić information content (AvgIpc) is 2.68. The molecule has 4 atom stereocenters. The first kappa shape index (κ1) is 25.8. The Morgan fingerprint density at radius 1 is 0.710 bits per heavy atom. The molecular formula is C22H28O9. The van der Waals surface area contributed by atoms with Gasteiger partial charge in [-0.3, -0.25) is 0 Å². The van der Waals surface area contributed by atoms with E-state index in [-0.39, 0.29) is 35.5 Å². The van der Waals surface area contributed by atoms with Gasteiger partial charge < -0.3 is 23.7 Å². The second-order valence-corrected chi connectivity index (χ2v) is 7.28. The van der Waals surface area contributed by atoms with Crippen molar-refractivity contribution < 1.29 is 42.9 Å². The minimum atomic E-state index is -1.28. The lowest BCUT2D eigenvalue weighted by atomic mass is 9.99. The quantitative estimate of drug-likeness (QED) is 0.304. The third kappa shape index (κ3) is 7.53. The van der Waals surface area contributed by atoms with Crippen LogP contribution in [0.25, 0.3) is 0 Å². The van der Waals surface area contributed by atoms with Crippen LogP contribution in [0.5, 0.6) is 0 Å². The van der Waals surface area contributed by atoms with Gasteiger partial charge >= 0.3 is 23.9 Å². The van der Waals surface area contributed by atoms with E-state index in [1.807, 2.05) is 0 Å². The van der Waals surface area contributed by atoms with E-state index in [1.165, 1.54) is 27.7 Å². The molecule has 31 heavy (non-hydrogen) atoms. The molecule has 170 valence electrons. The summed E-state index contributed by atoms with van der Waals surface area (Å²) in [4.78, 5) is 48.3. The molecule has 1 heterocycles. The van der Waals surface area contributed by atoms with Crippen LogP contribution < -0.4 is 0 Å². The van der Waals surface area contributed by atoms with Gasteiger partial charge in [-0.15, -0.1) is 0 Å². The van der Waals surface area contributed by atoms with E-state index >= 15 is 0 Å². The van der Waals surface area contributed by atoms with Crippen LogP contribution >= 0.6 is 0 Å². The van der Waals surface area contributed by atoms with Crippen LogP contribution in [0.1, 0.15) is 27.7 Å². The molecule has 1 rings (SSSR count). The third-order valence-electron chi connectivity index (χ3n) is 4.05. The molecule has 1 aliphatic heterocycles. The van der Waals surface area contributed by atoms with Crippen molar-refractivity contribution >= 4 is 23.9 Å². The number of hydrogen-bond donors (Lipinski definition) is 0. The molecule has 4 unspecified atom stereocenters. The highest BCUT2D eigenvalue weighted by Gasteiger charge is 2.48. The molecule has 0 aromatic rings. The van der Waals surface area contributed by atoms with Crippen LogP contribution in [-0.2, 0) is 42.9 Å². The summed E-state index contributed by atoms with van der Waals surface area (Å²) in [5, 5.41) is 0. The summed E-state index contributed by atoms with van der Waals surface area (Å²) in [6, 6.07) is 0. The van der Waals surface area contributed by atoms with E-state index < -0.39 is 48.3 Å². The van der Waals surface area contributed by atoms with Gasteiger partial charge in [0.1, 0.15) is 12.7 Å². The molecular weight excluding hydrogens is 408 g/mol. The van der Waals surface area contributed by atoms with Crippen molar-refractivity contribution in [1.29, 1.82) is 0 Å². The lowest BCUT2D eigenvalue weighted by Crippen LogP contribution is -2.59. The Bertz CT molecular complexity index is 808. The molecule has 9 nitrogen and oxygen atoms in total. The molecule has 0 bridgehead atoms. The van der Waals surface area contributed by atoms with Gasteiger partial charge in [-0.25, -0.2) is 19.2 Å². The molecule has 1 aliphatic rings. The van der Waals surface area contributed by atoms with E-state index in [1.54, 1.807) is 0 Å². The highest BCUT2D eigenvalue weighted by Crippen LogP contribution is 2.26.